The van der Waals surface area contributed by atoms with Crippen molar-refractivity contribution in [3.63, 3.8) is 0 Å². The number of fused-ring (bicyclic) bond motifs is 1. The van der Waals surface area contributed by atoms with Crippen LogP contribution in [0, 0.1) is 11.8 Å². The van der Waals surface area contributed by atoms with Gasteiger partial charge in [-0.3, -0.25) is 9.69 Å². The van der Waals surface area contributed by atoms with Gasteiger partial charge in [-0.15, -0.1) is 12.4 Å². The maximum Gasteiger partial charge on any atom is 0.239 e. The minimum atomic E-state index is 0. The van der Waals surface area contributed by atoms with Crippen LogP contribution < -0.4 is 5.73 Å². The first-order valence-corrected chi connectivity index (χ1v) is 7.36. The second-order valence-corrected chi connectivity index (χ2v) is 5.81. The Morgan fingerprint density at radius 1 is 1.32 bits per heavy atom. The van der Waals surface area contributed by atoms with Crippen LogP contribution in [0.2, 0.25) is 0 Å². The molecule has 1 amide bonds. The second kappa shape index (κ2) is 6.91. The van der Waals surface area contributed by atoms with Gasteiger partial charge in [0.25, 0.3) is 0 Å². The summed E-state index contributed by atoms with van der Waals surface area (Å²) in [7, 11) is 0. The van der Waals surface area contributed by atoms with Crippen LogP contribution in [0.25, 0.3) is 0 Å². The van der Waals surface area contributed by atoms with Gasteiger partial charge in [-0.25, -0.2) is 0 Å². The summed E-state index contributed by atoms with van der Waals surface area (Å²) >= 11 is 0. The van der Waals surface area contributed by atoms with Crippen LogP contribution in [0.1, 0.15) is 33.6 Å². The average molecular weight is 290 g/mol. The van der Waals surface area contributed by atoms with E-state index in [1.807, 2.05) is 25.7 Å². The molecule has 4 atom stereocenters. The van der Waals surface area contributed by atoms with Crippen LogP contribution in [0.4, 0.5) is 0 Å². The molecule has 1 saturated heterocycles. The van der Waals surface area contributed by atoms with Gasteiger partial charge >= 0.3 is 0 Å². The molecule has 0 aromatic rings. The summed E-state index contributed by atoms with van der Waals surface area (Å²) in [6, 6.07) is 0.374. The SMILES string of the molecule is CCN(CC)C(=O)C(C)N1CC2CCC(N)C2C1.Cl. The lowest BCUT2D eigenvalue weighted by atomic mass is 9.98. The van der Waals surface area contributed by atoms with E-state index in [2.05, 4.69) is 4.90 Å². The predicted octanol–water partition coefficient (Wildman–Crippen LogP) is 1.33. The lowest BCUT2D eigenvalue weighted by Crippen LogP contribution is -2.47. The highest BCUT2D eigenvalue weighted by Gasteiger charge is 2.43. The molecule has 2 N–H and O–H groups in total. The number of carbonyl (C=O) groups excluding carboxylic acids is 1. The monoisotopic (exact) mass is 289 g/mol. The molecular formula is C14H28ClN3O. The maximum atomic E-state index is 12.3. The highest BCUT2D eigenvalue weighted by Crippen LogP contribution is 2.37. The predicted molar refractivity (Wildman–Crippen MR) is 80.4 cm³/mol. The highest BCUT2D eigenvalue weighted by atomic mass is 35.5. The molecule has 0 aromatic carbocycles. The molecule has 0 radical (unpaired) electrons. The lowest BCUT2D eigenvalue weighted by Gasteiger charge is -2.29. The molecule has 4 nitrogen and oxygen atoms in total. The first kappa shape index (κ1) is 16.7. The third-order valence-corrected chi connectivity index (χ3v) is 4.92. The van der Waals surface area contributed by atoms with Gasteiger partial charge in [-0.05, 0) is 45.4 Å². The van der Waals surface area contributed by atoms with Crippen molar-refractivity contribution in [1.29, 1.82) is 0 Å². The van der Waals surface area contributed by atoms with Crippen molar-refractivity contribution >= 4 is 18.3 Å². The Labute approximate surface area is 123 Å². The van der Waals surface area contributed by atoms with Gasteiger partial charge in [-0.1, -0.05) is 0 Å². The normalized spacial score (nSPS) is 31.7. The molecule has 0 spiro atoms. The fourth-order valence-electron chi connectivity index (χ4n) is 3.61. The average Bonchev–Trinajstić information content (AvgIpc) is 2.92. The van der Waals surface area contributed by atoms with E-state index in [0.717, 1.165) is 32.1 Å². The molecule has 2 rings (SSSR count). The zero-order valence-corrected chi connectivity index (χ0v) is 13.2. The third-order valence-electron chi connectivity index (χ3n) is 4.92. The summed E-state index contributed by atoms with van der Waals surface area (Å²) in [6.07, 6.45) is 2.41. The Kier molecular flexibility index (Phi) is 6.09. The Hall–Kier alpha value is -0.320. The number of likely N-dealkylation sites (N-methyl/N-ethyl adjacent to an activating group) is 1. The van der Waals surface area contributed by atoms with Crippen LogP contribution >= 0.6 is 12.4 Å². The maximum absolute atomic E-state index is 12.3. The van der Waals surface area contributed by atoms with Crippen LogP contribution in [-0.4, -0.2) is 54.0 Å². The minimum Gasteiger partial charge on any atom is -0.342 e. The molecule has 0 aromatic heterocycles. The molecule has 1 heterocycles. The Morgan fingerprint density at radius 2 is 1.95 bits per heavy atom. The van der Waals surface area contributed by atoms with Gasteiger partial charge in [0.15, 0.2) is 0 Å². The van der Waals surface area contributed by atoms with E-state index in [1.165, 1.54) is 12.8 Å². The van der Waals surface area contributed by atoms with Crippen LogP contribution in [0.3, 0.4) is 0 Å². The molecule has 19 heavy (non-hydrogen) atoms. The van der Waals surface area contributed by atoms with Crippen molar-refractivity contribution in [2.75, 3.05) is 26.2 Å². The lowest BCUT2D eigenvalue weighted by molar-refractivity contribution is -0.135. The van der Waals surface area contributed by atoms with Crippen LogP contribution in [-0.2, 0) is 4.79 Å². The van der Waals surface area contributed by atoms with E-state index in [-0.39, 0.29) is 24.4 Å². The Morgan fingerprint density at radius 3 is 2.47 bits per heavy atom. The smallest absolute Gasteiger partial charge is 0.239 e. The molecule has 4 unspecified atom stereocenters. The highest BCUT2D eigenvalue weighted by molar-refractivity contribution is 5.85. The molecule has 5 heteroatoms. The third kappa shape index (κ3) is 3.23. The summed E-state index contributed by atoms with van der Waals surface area (Å²) in [5.41, 5.74) is 6.15. The van der Waals surface area contributed by atoms with Crippen molar-refractivity contribution in [3.05, 3.63) is 0 Å². The van der Waals surface area contributed by atoms with Gasteiger partial charge in [0.1, 0.15) is 0 Å². The van der Waals surface area contributed by atoms with Gasteiger partial charge in [0, 0.05) is 32.2 Å². The van der Waals surface area contributed by atoms with E-state index < -0.39 is 0 Å². The fourth-order valence-corrected chi connectivity index (χ4v) is 3.61. The summed E-state index contributed by atoms with van der Waals surface area (Å²) in [4.78, 5) is 16.6. The van der Waals surface area contributed by atoms with E-state index in [1.54, 1.807) is 0 Å². The number of rotatable bonds is 4. The first-order chi connectivity index (χ1) is 8.58. The van der Waals surface area contributed by atoms with Gasteiger partial charge < -0.3 is 10.6 Å². The van der Waals surface area contributed by atoms with Gasteiger partial charge in [0.05, 0.1) is 6.04 Å². The minimum absolute atomic E-state index is 0. The van der Waals surface area contributed by atoms with Crippen molar-refractivity contribution < 1.29 is 4.79 Å². The molecule has 2 fully saturated rings. The summed E-state index contributed by atoms with van der Waals surface area (Å²) in [5, 5.41) is 0. The number of amides is 1. The number of hydrogen-bond acceptors (Lipinski definition) is 3. The molecule has 112 valence electrons. The molecule has 2 aliphatic rings. The van der Waals surface area contributed by atoms with E-state index in [9.17, 15) is 4.79 Å². The number of halogens is 1. The number of hydrogen-bond donors (Lipinski definition) is 1. The fraction of sp³-hybridized carbons (Fsp3) is 0.929. The molecular weight excluding hydrogens is 262 g/mol. The topological polar surface area (TPSA) is 49.6 Å². The number of nitrogens with zero attached hydrogens (tertiary/aromatic N) is 2. The Bertz CT molecular complexity index is 309. The van der Waals surface area contributed by atoms with Crippen molar-refractivity contribution in [2.24, 2.45) is 17.6 Å². The zero-order chi connectivity index (χ0) is 13.3. The standard InChI is InChI=1S/C14H27N3O.ClH/c1-4-16(5-2)14(18)10(3)17-8-11-6-7-13(15)12(11)9-17;/h10-13H,4-9,15H2,1-3H3;1H. The van der Waals surface area contributed by atoms with Crippen molar-refractivity contribution in [1.82, 2.24) is 9.80 Å². The van der Waals surface area contributed by atoms with Crippen molar-refractivity contribution in [3.8, 4) is 0 Å². The largest absolute Gasteiger partial charge is 0.342 e. The van der Waals surface area contributed by atoms with E-state index >= 15 is 0 Å². The number of nitrogens with two attached hydrogens (primary N) is 1. The second-order valence-electron chi connectivity index (χ2n) is 5.81. The molecule has 0 bridgehead atoms. The quantitative estimate of drug-likeness (QED) is 0.850. The van der Waals surface area contributed by atoms with Crippen molar-refractivity contribution in [2.45, 2.75) is 45.7 Å². The Balaban J connectivity index is 0.00000180. The summed E-state index contributed by atoms with van der Waals surface area (Å²) in [6.45, 7) is 9.82. The summed E-state index contributed by atoms with van der Waals surface area (Å²) < 4.78 is 0. The zero-order valence-electron chi connectivity index (χ0n) is 12.3. The van der Waals surface area contributed by atoms with Gasteiger partial charge in [0.2, 0.25) is 5.91 Å². The van der Waals surface area contributed by atoms with Crippen LogP contribution in [0.5, 0.6) is 0 Å². The number of carbonyl (C=O) groups is 1. The van der Waals surface area contributed by atoms with E-state index in [0.29, 0.717) is 12.0 Å². The first-order valence-electron chi connectivity index (χ1n) is 7.36. The molecule has 1 aliphatic carbocycles. The molecule has 1 saturated carbocycles. The van der Waals surface area contributed by atoms with E-state index in [4.69, 9.17) is 5.73 Å². The number of likely N-dealkylation sites (tertiary alicyclic amines) is 1. The molecule has 1 aliphatic heterocycles. The summed E-state index contributed by atoms with van der Waals surface area (Å²) in [5.74, 6) is 1.62. The van der Waals surface area contributed by atoms with Gasteiger partial charge in [-0.2, -0.15) is 0 Å². The van der Waals surface area contributed by atoms with Crippen LogP contribution in [0.15, 0.2) is 0 Å².